The average Bonchev–Trinajstić information content (AvgIpc) is 2.50. The largest absolute Gasteiger partial charge is 0.384 e. The molecule has 3 aromatic rings. The molecular weight excluding hydrogens is 282 g/mol. The van der Waals surface area contributed by atoms with Crippen LogP contribution in [0.3, 0.4) is 0 Å². The monoisotopic (exact) mass is 297 g/mol. The molecule has 0 aliphatic carbocycles. The van der Waals surface area contributed by atoms with Crippen LogP contribution < -0.4 is 0 Å². The zero-order valence-corrected chi connectivity index (χ0v) is 12.7. The number of benzene rings is 2. The van der Waals surface area contributed by atoms with Gasteiger partial charge in [0.1, 0.15) is 6.10 Å². The van der Waals surface area contributed by atoms with Crippen molar-refractivity contribution in [2.45, 2.75) is 20.0 Å². The lowest BCUT2D eigenvalue weighted by molar-refractivity contribution is 0.221. The molecule has 0 spiro atoms. The van der Waals surface area contributed by atoms with Crippen molar-refractivity contribution in [3.05, 3.63) is 75.9 Å². The number of fused-ring (bicyclic) bond motifs is 1. The van der Waals surface area contributed by atoms with Crippen LogP contribution in [-0.4, -0.2) is 10.1 Å². The standard InChI is InChI=1S/C18H16ClNO/c1-11-5-3-6-13(12(11)2)18(21)15-8-9-16(19)14-7-4-10-20-17(14)15/h3-10,18,21H,1-2H3. The Morgan fingerprint density at radius 2 is 1.81 bits per heavy atom. The molecule has 0 bridgehead atoms. The van der Waals surface area contributed by atoms with E-state index in [9.17, 15) is 5.11 Å². The molecule has 0 radical (unpaired) electrons. The highest BCUT2D eigenvalue weighted by Gasteiger charge is 2.17. The Hall–Kier alpha value is -1.90. The molecule has 0 saturated carbocycles. The molecule has 2 nitrogen and oxygen atoms in total. The minimum atomic E-state index is -0.709. The van der Waals surface area contributed by atoms with Gasteiger partial charge in [-0.2, -0.15) is 0 Å². The van der Waals surface area contributed by atoms with E-state index < -0.39 is 6.10 Å². The first-order valence-electron chi connectivity index (χ1n) is 6.87. The fourth-order valence-electron chi connectivity index (χ4n) is 2.62. The van der Waals surface area contributed by atoms with Crippen LogP contribution in [0.5, 0.6) is 0 Å². The Kier molecular flexibility index (Phi) is 3.66. The fraction of sp³-hybridized carbons (Fsp3) is 0.167. The number of halogens is 1. The fourth-order valence-corrected chi connectivity index (χ4v) is 2.83. The number of aliphatic hydroxyl groups excluding tert-OH is 1. The average molecular weight is 298 g/mol. The summed E-state index contributed by atoms with van der Waals surface area (Å²) in [5.74, 6) is 0. The Morgan fingerprint density at radius 1 is 1.00 bits per heavy atom. The lowest BCUT2D eigenvalue weighted by atomic mass is 9.93. The highest BCUT2D eigenvalue weighted by molar-refractivity contribution is 6.35. The van der Waals surface area contributed by atoms with Crippen LogP contribution >= 0.6 is 11.6 Å². The summed E-state index contributed by atoms with van der Waals surface area (Å²) < 4.78 is 0. The number of pyridine rings is 1. The second-order valence-electron chi connectivity index (χ2n) is 5.23. The number of hydrogen-bond acceptors (Lipinski definition) is 2. The molecule has 2 aromatic carbocycles. The van der Waals surface area contributed by atoms with Crippen molar-refractivity contribution in [1.29, 1.82) is 0 Å². The highest BCUT2D eigenvalue weighted by atomic mass is 35.5. The maximum atomic E-state index is 10.8. The Morgan fingerprint density at radius 3 is 2.62 bits per heavy atom. The Labute approximate surface area is 129 Å². The number of hydrogen-bond donors (Lipinski definition) is 1. The van der Waals surface area contributed by atoms with Gasteiger partial charge in [-0.05, 0) is 48.7 Å². The minimum Gasteiger partial charge on any atom is -0.384 e. The van der Waals surface area contributed by atoms with Crippen molar-refractivity contribution in [2.75, 3.05) is 0 Å². The number of nitrogens with zero attached hydrogens (tertiary/aromatic N) is 1. The summed E-state index contributed by atoms with van der Waals surface area (Å²) in [6.45, 7) is 4.07. The van der Waals surface area contributed by atoms with E-state index in [0.29, 0.717) is 5.02 Å². The molecule has 0 aliphatic rings. The molecule has 3 rings (SSSR count). The quantitative estimate of drug-likeness (QED) is 0.750. The van der Waals surface area contributed by atoms with E-state index in [1.807, 2.05) is 56.3 Å². The van der Waals surface area contributed by atoms with E-state index in [0.717, 1.165) is 33.2 Å². The second kappa shape index (κ2) is 5.47. The lowest BCUT2D eigenvalue weighted by Gasteiger charge is -2.17. The van der Waals surface area contributed by atoms with Gasteiger partial charge < -0.3 is 5.11 Å². The van der Waals surface area contributed by atoms with E-state index >= 15 is 0 Å². The summed E-state index contributed by atoms with van der Waals surface area (Å²) in [6.07, 6.45) is 1.01. The molecular formula is C18H16ClNO. The van der Waals surface area contributed by atoms with Gasteiger partial charge >= 0.3 is 0 Å². The first-order chi connectivity index (χ1) is 10.1. The first-order valence-corrected chi connectivity index (χ1v) is 7.24. The third kappa shape index (κ3) is 2.41. The predicted molar refractivity (Wildman–Crippen MR) is 86.7 cm³/mol. The molecule has 1 atom stereocenters. The minimum absolute atomic E-state index is 0.648. The normalized spacial score (nSPS) is 12.6. The summed E-state index contributed by atoms with van der Waals surface area (Å²) in [5, 5.41) is 12.3. The van der Waals surface area contributed by atoms with Crippen LogP contribution in [0.4, 0.5) is 0 Å². The maximum Gasteiger partial charge on any atom is 0.106 e. The van der Waals surface area contributed by atoms with Crippen LogP contribution in [0.2, 0.25) is 5.02 Å². The second-order valence-corrected chi connectivity index (χ2v) is 5.64. The molecule has 3 heteroatoms. The molecule has 106 valence electrons. The van der Waals surface area contributed by atoms with Gasteiger partial charge in [0.15, 0.2) is 0 Å². The van der Waals surface area contributed by atoms with Crippen molar-refractivity contribution in [2.24, 2.45) is 0 Å². The summed E-state index contributed by atoms with van der Waals surface area (Å²) in [5.41, 5.74) is 4.70. The van der Waals surface area contributed by atoms with Crippen molar-refractivity contribution >= 4 is 22.5 Å². The van der Waals surface area contributed by atoms with Gasteiger partial charge in [-0.15, -0.1) is 0 Å². The molecule has 1 heterocycles. The topological polar surface area (TPSA) is 33.1 Å². The molecule has 0 aliphatic heterocycles. The van der Waals surface area contributed by atoms with Gasteiger partial charge in [0, 0.05) is 22.2 Å². The van der Waals surface area contributed by atoms with Crippen molar-refractivity contribution < 1.29 is 5.11 Å². The summed E-state index contributed by atoms with van der Waals surface area (Å²) >= 11 is 6.21. The molecule has 0 fully saturated rings. The van der Waals surface area contributed by atoms with Gasteiger partial charge in [0.2, 0.25) is 0 Å². The summed E-state index contributed by atoms with van der Waals surface area (Å²) in [6, 6.07) is 13.4. The molecule has 1 N–H and O–H groups in total. The van der Waals surface area contributed by atoms with Gasteiger partial charge in [-0.3, -0.25) is 4.98 Å². The smallest absolute Gasteiger partial charge is 0.106 e. The number of aromatic nitrogens is 1. The molecule has 0 amide bonds. The van der Waals surface area contributed by atoms with E-state index in [4.69, 9.17) is 11.6 Å². The van der Waals surface area contributed by atoms with Crippen LogP contribution in [0.15, 0.2) is 48.7 Å². The van der Waals surface area contributed by atoms with E-state index in [1.54, 1.807) is 6.20 Å². The predicted octanol–water partition coefficient (Wildman–Crippen LogP) is 4.59. The van der Waals surface area contributed by atoms with E-state index in [-0.39, 0.29) is 0 Å². The molecule has 21 heavy (non-hydrogen) atoms. The zero-order chi connectivity index (χ0) is 15.0. The third-order valence-corrected chi connectivity index (χ3v) is 4.31. The Balaban J connectivity index is 2.21. The van der Waals surface area contributed by atoms with Crippen LogP contribution in [0.25, 0.3) is 10.9 Å². The molecule has 0 saturated heterocycles. The summed E-state index contributed by atoms with van der Waals surface area (Å²) in [7, 11) is 0. The van der Waals surface area contributed by atoms with Gasteiger partial charge in [0.25, 0.3) is 0 Å². The van der Waals surface area contributed by atoms with E-state index in [2.05, 4.69) is 4.98 Å². The molecule has 1 aromatic heterocycles. The number of aliphatic hydroxyl groups is 1. The summed E-state index contributed by atoms with van der Waals surface area (Å²) in [4.78, 5) is 4.40. The van der Waals surface area contributed by atoms with Gasteiger partial charge in [0.05, 0.1) is 5.52 Å². The maximum absolute atomic E-state index is 10.8. The SMILES string of the molecule is Cc1cccc(C(O)c2ccc(Cl)c3cccnc23)c1C. The first kappa shape index (κ1) is 14.1. The Bertz CT molecular complexity index is 813. The van der Waals surface area contributed by atoms with Crippen molar-refractivity contribution in [3.8, 4) is 0 Å². The van der Waals surface area contributed by atoms with Gasteiger partial charge in [-0.25, -0.2) is 0 Å². The van der Waals surface area contributed by atoms with Crippen LogP contribution in [-0.2, 0) is 0 Å². The highest BCUT2D eigenvalue weighted by Crippen LogP contribution is 2.33. The van der Waals surface area contributed by atoms with Crippen molar-refractivity contribution in [1.82, 2.24) is 4.98 Å². The number of aryl methyl sites for hydroxylation is 1. The zero-order valence-electron chi connectivity index (χ0n) is 12.0. The lowest BCUT2D eigenvalue weighted by Crippen LogP contribution is -2.04. The van der Waals surface area contributed by atoms with Crippen LogP contribution in [0, 0.1) is 13.8 Å². The van der Waals surface area contributed by atoms with Crippen LogP contribution in [0.1, 0.15) is 28.4 Å². The third-order valence-electron chi connectivity index (χ3n) is 3.98. The number of rotatable bonds is 2. The molecule has 1 unspecified atom stereocenters. The van der Waals surface area contributed by atoms with E-state index in [1.165, 1.54) is 0 Å². The van der Waals surface area contributed by atoms with Gasteiger partial charge in [-0.1, -0.05) is 35.9 Å². The van der Waals surface area contributed by atoms with Crippen molar-refractivity contribution in [3.63, 3.8) is 0 Å².